The van der Waals surface area contributed by atoms with Crippen molar-refractivity contribution in [1.29, 1.82) is 0 Å². The quantitative estimate of drug-likeness (QED) is 0.471. The molecule has 162 valence electrons. The molecule has 1 aliphatic heterocycles. The molecule has 1 saturated heterocycles. The Balaban J connectivity index is 1.64. The molecule has 9 heteroatoms. The van der Waals surface area contributed by atoms with E-state index in [1.807, 2.05) is 11.8 Å². The van der Waals surface area contributed by atoms with Gasteiger partial charge in [-0.25, -0.2) is 9.38 Å². The van der Waals surface area contributed by atoms with Gasteiger partial charge in [0.2, 0.25) is 0 Å². The summed E-state index contributed by atoms with van der Waals surface area (Å²) in [5, 5.41) is 15.8. The molecule has 2 aromatic carbocycles. The van der Waals surface area contributed by atoms with E-state index in [1.54, 1.807) is 24.3 Å². The van der Waals surface area contributed by atoms with Crippen molar-refractivity contribution >= 4 is 11.6 Å². The van der Waals surface area contributed by atoms with Crippen molar-refractivity contribution in [1.82, 2.24) is 10.6 Å². The molecule has 0 aliphatic carbocycles. The van der Waals surface area contributed by atoms with Crippen molar-refractivity contribution in [2.75, 3.05) is 24.5 Å². The minimum Gasteiger partial charge on any atom is -0.505 e. The normalized spacial score (nSPS) is 16.8. The molecule has 0 spiro atoms. The zero-order valence-corrected chi connectivity index (χ0v) is 16.6. The van der Waals surface area contributed by atoms with Crippen LogP contribution in [0.1, 0.15) is 18.9 Å². The molecular weight excluding hydrogens is 397 g/mol. The van der Waals surface area contributed by atoms with Crippen molar-refractivity contribution in [3.63, 3.8) is 0 Å². The van der Waals surface area contributed by atoms with E-state index in [0.717, 1.165) is 6.42 Å². The maximum absolute atomic E-state index is 13.5. The first-order valence-corrected chi connectivity index (χ1v) is 9.77. The van der Waals surface area contributed by atoms with E-state index in [4.69, 9.17) is 0 Å². The summed E-state index contributed by atoms with van der Waals surface area (Å²) in [5.74, 6) is -0.343. The first-order chi connectivity index (χ1) is 14.5. The van der Waals surface area contributed by atoms with Gasteiger partial charge in [-0.2, -0.15) is 8.78 Å². The number of aromatic hydroxyl groups is 1. The molecule has 0 saturated carbocycles. The zero-order valence-electron chi connectivity index (χ0n) is 16.6. The summed E-state index contributed by atoms with van der Waals surface area (Å²) in [6.07, 6.45) is 0.793. The first kappa shape index (κ1) is 21.6. The van der Waals surface area contributed by atoms with Crippen molar-refractivity contribution in [2.45, 2.75) is 32.5 Å². The van der Waals surface area contributed by atoms with Gasteiger partial charge in [-0.15, -0.1) is 0 Å². The van der Waals surface area contributed by atoms with E-state index in [2.05, 4.69) is 20.4 Å². The zero-order chi connectivity index (χ0) is 21.5. The summed E-state index contributed by atoms with van der Waals surface area (Å²) in [6.45, 7) is 1.24. The topological polar surface area (TPSA) is 69.1 Å². The third kappa shape index (κ3) is 5.71. The minimum absolute atomic E-state index is 0.0546. The predicted octanol–water partition coefficient (Wildman–Crippen LogP) is 3.47. The smallest absolute Gasteiger partial charge is 0.387 e. The number of phenolic OH excluding ortho intramolecular Hbond substituents is 1. The fourth-order valence-electron chi connectivity index (χ4n) is 3.34. The maximum atomic E-state index is 13.5. The number of halogens is 3. The molecule has 0 amide bonds. The van der Waals surface area contributed by atoms with Gasteiger partial charge >= 0.3 is 6.61 Å². The lowest BCUT2D eigenvalue weighted by atomic mass is 10.2. The van der Waals surface area contributed by atoms with Crippen LogP contribution in [0.2, 0.25) is 0 Å². The lowest BCUT2D eigenvalue weighted by Crippen LogP contribution is -2.44. The van der Waals surface area contributed by atoms with Crippen LogP contribution >= 0.6 is 0 Å². The highest BCUT2D eigenvalue weighted by molar-refractivity contribution is 5.80. The number of ether oxygens (including phenoxy) is 1. The second-order valence-corrected chi connectivity index (χ2v) is 6.90. The van der Waals surface area contributed by atoms with Crippen LogP contribution in [-0.2, 0) is 6.54 Å². The Hall–Kier alpha value is -3.10. The second kappa shape index (κ2) is 10.1. The molecule has 3 N–H and O–H groups in total. The van der Waals surface area contributed by atoms with E-state index in [1.165, 1.54) is 18.2 Å². The van der Waals surface area contributed by atoms with E-state index in [9.17, 15) is 18.3 Å². The van der Waals surface area contributed by atoms with Crippen LogP contribution in [0.3, 0.4) is 0 Å². The minimum atomic E-state index is -2.88. The van der Waals surface area contributed by atoms with Gasteiger partial charge in [-0.1, -0.05) is 18.2 Å². The molecule has 1 fully saturated rings. The molecule has 30 heavy (non-hydrogen) atoms. The lowest BCUT2D eigenvalue weighted by molar-refractivity contribution is -0.0495. The Morgan fingerprint density at radius 1 is 1.30 bits per heavy atom. The number of para-hydroxylation sites is 2. The van der Waals surface area contributed by atoms with Crippen LogP contribution in [0.4, 0.5) is 18.9 Å². The molecule has 3 rings (SSSR count). The van der Waals surface area contributed by atoms with Gasteiger partial charge in [-0.05, 0) is 43.2 Å². The lowest BCUT2D eigenvalue weighted by Gasteiger charge is -2.22. The average molecular weight is 422 g/mol. The SMILES string of the molecule is CCNC(=NCc1ccc(O)c(F)c1)NC1CCN(c2ccccc2OC(F)F)C1. The van der Waals surface area contributed by atoms with Crippen molar-refractivity contribution in [3.8, 4) is 11.5 Å². The highest BCUT2D eigenvalue weighted by Crippen LogP contribution is 2.31. The maximum Gasteiger partial charge on any atom is 0.387 e. The van der Waals surface area contributed by atoms with Crippen molar-refractivity contribution in [3.05, 3.63) is 53.8 Å². The molecular formula is C21H25F3N4O2. The molecule has 2 aromatic rings. The van der Waals surface area contributed by atoms with Gasteiger partial charge in [-0.3, -0.25) is 0 Å². The third-order valence-corrected chi connectivity index (χ3v) is 4.73. The fourth-order valence-corrected chi connectivity index (χ4v) is 3.34. The molecule has 1 unspecified atom stereocenters. The van der Waals surface area contributed by atoms with Gasteiger partial charge in [0.05, 0.1) is 12.2 Å². The van der Waals surface area contributed by atoms with Gasteiger partial charge in [0.1, 0.15) is 5.75 Å². The fraction of sp³-hybridized carbons (Fsp3) is 0.381. The second-order valence-electron chi connectivity index (χ2n) is 6.90. The molecule has 0 radical (unpaired) electrons. The van der Waals surface area contributed by atoms with Crippen LogP contribution in [0, 0.1) is 5.82 Å². The number of aliphatic imine (C=N–C) groups is 1. The first-order valence-electron chi connectivity index (χ1n) is 9.77. The standard InChI is InChI=1S/C21H25F3N4O2/c1-2-25-21(26-12-14-7-8-18(29)16(22)11-14)27-15-9-10-28(13-15)17-5-3-4-6-19(17)30-20(23)24/h3-8,11,15,20,29H,2,9-10,12-13H2,1H3,(H2,25,26,27). The van der Waals surface area contributed by atoms with Gasteiger partial charge in [0, 0.05) is 25.7 Å². The summed E-state index contributed by atoms with van der Waals surface area (Å²) in [7, 11) is 0. The number of nitrogens with zero attached hydrogens (tertiary/aromatic N) is 2. The number of hydrogen-bond donors (Lipinski definition) is 3. The van der Waals surface area contributed by atoms with E-state index in [-0.39, 0.29) is 18.3 Å². The summed E-state index contributed by atoms with van der Waals surface area (Å²) < 4.78 is 43.5. The Labute approximate surface area is 173 Å². The van der Waals surface area contributed by atoms with E-state index in [0.29, 0.717) is 36.8 Å². The summed E-state index contributed by atoms with van der Waals surface area (Å²) >= 11 is 0. The molecule has 6 nitrogen and oxygen atoms in total. The number of guanidine groups is 1. The number of rotatable bonds is 7. The van der Waals surface area contributed by atoms with Crippen LogP contribution in [0.5, 0.6) is 11.5 Å². The number of benzene rings is 2. The Bertz CT molecular complexity index is 879. The van der Waals surface area contributed by atoms with Crippen LogP contribution in [0.25, 0.3) is 0 Å². The van der Waals surface area contributed by atoms with Crippen LogP contribution in [-0.4, -0.2) is 43.4 Å². The van der Waals surface area contributed by atoms with Gasteiger partial charge in [0.25, 0.3) is 0 Å². The Kier molecular flexibility index (Phi) is 7.26. The summed E-state index contributed by atoms with van der Waals surface area (Å²) in [4.78, 5) is 6.47. The molecule has 1 heterocycles. The molecule has 1 atom stereocenters. The van der Waals surface area contributed by atoms with E-state index < -0.39 is 18.2 Å². The summed E-state index contributed by atoms with van der Waals surface area (Å²) in [6, 6.07) is 11.0. The average Bonchev–Trinajstić information content (AvgIpc) is 3.17. The number of hydrogen-bond acceptors (Lipinski definition) is 4. The van der Waals surface area contributed by atoms with Crippen molar-refractivity contribution < 1.29 is 23.0 Å². The highest BCUT2D eigenvalue weighted by atomic mass is 19.3. The largest absolute Gasteiger partial charge is 0.505 e. The number of phenols is 1. The Morgan fingerprint density at radius 2 is 2.10 bits per heavy atom. The van der Waals surface area contributed by atoms with Gasteiger partial charge < -0.3 is 25.4 Å². The molecule has 1 aliphatic rings. The third-order valence-electron chi connectivity index (χ3n) is 4.73. The molecule has 0 aromatic heterocycles. The van der Waals surface area contributed by atoms with Crippen molar-refractivity contribution in [2.24, 2.45) is 4.99 Å². The molecule has 0 bridgehead atoms. The van der Waals surface area contributed by atoms with Crippen LogP contribution < -0.4 is 20.3 Å². The van der Waals surface area contributed by atoms with Gasteiger partial charge in [0.15, 0.2) is 17.5 Å². The number of nitrogens with one attached hydrogen (secondary N) is 2. The predicted molar refractivity (Wildman–Crippen MR) is 110 cm³/mol. The monoisotopic (exact) mass is 422 g/mol. The number of alkyl halides is 2. The van der Waals surface area contributed by atoms with Crippen LogP contribution in [0.15, 0.2) is 47.5 Å². The van der Waals surface area contributed by atoms with E-state index >= 15 is 0 Å². The Morgan fingerprint density at radius 3 is 2.83 bits per heavy atom. The highest BCUT2D eigenvalue weighted by Gasteiger charge is 2.26. The number of anilines is 1. The summed E-state index contributed by atoms with van der Waals surface area (Å²) in [5.41, 5.74) is 1.26.